The lowest BCUT2D eigenvalue weighted by atomic mass is 9.81. The molecule has 3 N–H and O–H groups in total. The molecule has 0 bridgehead atoms. The molecule has 26 heavy (non-hydrogen) atoms. The Morgan fingerprint density at radius 1 is 1.35 bits per heavy atom. The summed E-state index contributed by atoms with van der Waals surface area (Å²) in [5.74, 6) is -0.821. The van der Waals surface area contributed by atoms with Crippen LogP contribution in [-0.2, 0) is 11.3 Å². The van der Waals surface area contributed by atoms with Crippen molar-refractivity contribution in [2.75, 3.05) is 13.1 Å². The van der Waals surface area contributed by atoms with E-state index in [4.69, 9.17) is 10.7 Å². The minimum absolute atomic E-state index is 0.263. The first kappa shape index (κ1) is 17.2. The molecule has 6 nitrogen and oxygen atoms in total. The Kier molecular flexibility index (Phi) is 4.28. The van der Waals surface area contributed by atoms with Gasteiger partial charge in [0.1, 0.15) is 5.01 Å². The summed E-state index contributed by atoms with van der Waals surface area (Å²) in [6.07, 6.45) is 2.82. The summed E-state index contributed by atoms with van der Waals surface area (Å²) in [5.41, 5.74) is 7.11. The van der Waals surface area contributed by atoms with Crippen LogP contribution in [0.4, 0.5) is 0 Å². The predicted octanol–water partition coefficient (Wildman–Crippen LogP) is 2.60. The molecule has 0 unspecified atom stereocenters. The normalized spacial score (nSPS) is 25.3. The Morgan fingerprint density at radius 2 is 2.12 bits per heavy atom. The maximum absolute atomic E-state index is 11.8. The van der Waals surface area contributed by atoms with Gasteiger partial charge in [-0.05, 0) is 30.9 Å². The molecule has 2 aliphatic rings. The van der Waals surface area contributed by atoms with E-state index in [-0.39, 0.29) is 5.92 Å². The van der Waals surface area contributed by atoms with Gasteiger partial charge in [-0.1, -0.05) is 18.6 Å². The summed E-state index contributed by atoms with van der Waals surface area (Å²) in [5, 5.41) is 12.6. The van der Waals surface area contributed by atoms with Gasteiger partial charge in [-0.15, -0.1) is 11.3 Å². The van der Waals surface area contributed by atoms with E-state index in [0.29, 0.717) is 18.7 Å². The summed E-state index contributed by atoms with van der Waals surface area (Å²) >= 11 is 1.56. The first-order valence-corrected chi connectivity index (χ1v) is 9.66. The Hall–Kier alpha value is -2.25. The number of amides is 1. The van der Waals surface area contributed by atoms with E-state index in [1.807, 2.05) is 17.5 Å². The summed E-state index contributed by atoms with van der Waals surface area (Å²) in [7, 11) is 0. The van der Waals surface area contributed by atoms with Crippen molar-refractivity contribution in [3.8, 4) is 10.6 Å². The Balaban J connectivity index is 1.46. The van der Waals surface area contributed by atoms with Crippen molar-refractivity contribution in [3.05, 3.63) is 40.9 Å². The van der Waals surface area contributed by atoms with Gasteiger partial charge in [0.25, 0.3) is 0 Å². The molecule has 1 amide bonds. The number of carboxylic acids is 1. The van der Waals surface area contributed by atoms with Crippen molar-refractivity contribution in [1.29, 1.82) is 0 Å². The molecule has 1 aliphatic heterocycles. The molecule has 7 heteroatoms. The van der Waals surface area contributed by atoms with E-state index in [0.717, 1.165) is 42.1 Å². The van der Waals surface area contributed by atoms with E-state index in [9.17, 15) is 14.7 Å². The number of nitrogens with zero attached hydrogens (tertiary/aromatic N) is 2. The lowest BCUT2D eigenvalue weighted by molar-refractivity contribution is -0.149. The van der Waals surface area contributed by atoms with Gasteiger partial charge in [0.05, 0.1) is 11.1 Å². The zero-order valence-electron chi connectivity index (χ0n) is 14.4. The van der Waals surface area contributed by atoms with Gasteiger partial charge < -0.3 is 10.8 Å². The van der Waals surface area contributed by atoms with Gasteiger partial charge in [0, 0.05) is 36.1 Å². The van der Waals surface area contributed by atoms with E-state index < -0.39 is 17.3 Å². The second kappa shape index (κ2) is 6.48. The summed E-state index contributed by atoms with van der Waals surface area (Å²) in [6.45, 7) is 2.14. The maximum atomic E-state index is 11.8. The molecule has 1 aliphatic carbocycles. The van der Waals surface area contributed by atoms with Crippen LogP contribution in [0, 0.1) is 11.3 Å². The topological polar surface area (TPSA) is 96.5 Å². The molecule has 1 aromatic heterocycles. The van der Waals surface area contributed by atoms with Crippen LogP contribution in [-0.4, -0.2) is 40.0 Å². The molecule has 2 atom stereocenters. The largest absolute Gasteiger partial charge is 0.481 e. The highest BCUT2D eigenvalue weighted by atomic mass is 32.1. The fraction of sp³-hybridized carbons (Fsp3) is 0.421. The van der Waals surface area contributed by atoms with E-state index in [1.54, 1.807) is 23.5 Å². The van der Waals surface area contributed by atoms with Gasteiger partial charge in [-0.2, -0.15) is 0 Å². The van der Waals surface area contributed by atoms with E-state index >= 15 is 0 Å². The fourth-order valence-electron chi connectivity index (χ4n) is 4.38. The summed E-state index contributed by atoms with van der Waals surface area (Å²) in [6, 6.07) is 7.11. The smallest absolute Gasteiger partial charge is 0.311 e. The van der Waals surface area contributed by atoms with Crippen molar-refractivity contribution in [1.82, 2.24) is 9.88 Å². The first-order chi connectivity index (χ1) is 12.5. The van der Waals surface area contributed by atoms with Gasteiger partial charge in [-0.25, -0.2) is 4.98 Å². The number of aromatic nitrogens is 1. The van der Waals surface area contributed by atoms with E-state index in [2.05, 4.69) is 4.90 Å². The Bertz CT molecular complexity index is 848. The second-order valence-electron chi connectivity index (χ2n) is 7.31. The minimum Gasteiger partial charge on any atom is -0.481 e. The number of thiazole rings is 1. The standard InChI is InChI=1S/C19H21N3O3S/c20-16(23)12-3-5-13(6-4-12)17-21-15(10-26-17)9-22-8-14-2-1-7-19(14,11-22)18(24)25/h3-6,10,14H,1-2,7-9,11H2,(H2,20,23)(H,24,25)/t14-,19+/m0/s1. The third-order valence-electron chi connectivity index (χ3n) is 5.72. The quantitative estimate of drug-likeness (QED) is 0.842. The van der Waals surface area contributed by atoms with Gasteiger partial charge >= 0.3 is 5.97 Å². The van der Waals surface area contributed by atoms with Crippen LogP contribution in [0.1, 0.15) is 35.3 Å². The van der Waals surface area contributed by atoms with Crippen molar-refractivity contribution < 1.29 is 14.7 Å². The van der Waals surface area contributed by atoms with Gasteiger partial charge in [-0.3, -0.25) is 14.5 Å². The molecule has 4 rings (SSSR count). The Morgan fingerprint density at radius 3 is 2.77 bits per heavy atom. The number of benzene rings is 1. The van der Waals surface area contributed by atoms with Crippen LogP contribution in [0.15, 0.2) is 29.6 Å². The Labute approximate surface area is 155 Å². The number of likely N-dealkylation sites (tertiary alicyclic amines) is 1. The van der Waals surface area contributed by atoms with Crippen molar-refractivity contribution in [2.45, 2.75) is 25.8 Å². The third kappa shape index (κ3) is 2.91. The average Bonchev–Trinajstić information content (AvgIpc) is 3.29. The first-order valence-electron chi connectivity index (χ1n) is 8.78. The number of aliphatic carboxylic acids is 1. The number of rotatable bonds is 5. The van der Waals surface area contributed by atoms with Crippen molar-refractivity contribution in [3.63, 3.8) is 0 Å². The van der Waals surface area contributed by atoms with Crippen LogP contribution >= 0.6 is 11.3 Å². The van der Waals surface area contributed by atoms with Crippen molar-refractivity contribution >= 4 is 23.2 Å². The monoisotopic (exact) mass is 371 g/mol. The number of hydrogen-bond donors (Lipinski definition) is 2. The summed E-state index contributed by atoms with van der Waals surface area (Å²) < 4.78 is 0. The molecule has 2 aromatic rings. The lowest BCUT2D eigenvalue weighted by Gasteiger charge is -2.23. The number of nitrogens with two attached hydrogens (primary N) is 1. The van der Waals surface area contributed by atoms with Crippen LogP contribution in [0.3, 0.4) is 0 Å². The molecule has 136 valence electrons. The molecule has 0 radical (unpaired) electrons. The highest BCUT2D eigenvalue weighted by Gasteiger charge is 2.54. The highest BCUT2D eigenvalue weighted by molar-refractivity contribution is 7.13. The molecular formula is C19H21N3O3S. The minimum atomic E-state index is -0.643. The molecule has 1 saturated heterocycles. The zero-order chi connectivity index (χ0) is 18.3. The zero-order valence-corrected chi connectivity index (χ0v) is 15.2. The van der Waals surface area contributed by atoms with Crippen LogP contribution in [0.2, 0.25) is 0 Å². The van der Waals surface area contributed by atoms with Crippen LogP contribution in [0.25, 0.3) is 10.6 Å². The number of carboxylic acid groups (broad SMARTS) is 1. The van der Waals surface area contributed by atoms with Crippen molar-refractivity contribution in [2.24, 2.45) is 17.1 Å². The SMILES string of the molecule is NC(=O)c1ccc(-c2nc(CN3C[C@@H]4CCC[C@@]4(C(=O)O)C3)cs2)cc1. The third-order valence-corrected chi connectivity index (χ3v) is 6.66. The summed E-state index contributed by atoms with van der Waals surface area (Å²) in [4.78, 5) is 29.9. The number of hydrogen-bond acceptors (Lipinski definition) is 5. The number of carbonyl (C=O) groups excluding carboxylic acids is 1. The molecule has 2 fully saturated rings. The highest BCUT2D eigenvalue weighted by Crippen LogP contribution is 2.49. The average molecular weight is 371 g/mol. The molecule has 0 spiro atoms. The van der Waals surface area contributed by atoms with Gasteiger partial charge in [0.15, 0.2) is 0 Å². The maximum Gasteiger partial charge on any atom is 0.311 e. The van der Waals surface area contributed by atoms with E-state index in [1.165, 1.54) is 0 Å². The van der Waals surface area contributed by atoms with Crippen LogP contribution < -0.4 is 5.73 Å². The number of fused-ring (bicyclic) bond motifs is 1. The predicted molar refractivity (Wildman–Crippen MR) is 98.8 cm³/mol. The molecule has 1 aromatic carbocycles. The fourth-order valence-corrected chi connectivity index (χ4v) is 5.20. The molecular weight excluding hydrogens is 350 g/mol. The number of carbonyl (C=O) groups is 2. The second-order valence-corrected chi connectivity index (χ2v) is 8.16. The molecule has 2 heterocycles. The van der Waals surface area contributed by atoms with Gasteiger partial charge in [0.2, 0.25) is 5.91 Å². The molecule has 1 saturated carbocycles. The lowest BCUT2D eigenvalue weighted by Crippen LogP contribution is -2.35. The number of primary amides is 1. The van der Waals surface area contributed by atoms with Crippen LogP contribution in [0.5, 0.6) is 0 Å².